The van der Waals surface area contributed by atoms with E-state index in [1.807, 2.05) is 36.4 Å². The van der Waals surface area contributed by atoms with Gasteiger partial charge in [-0.3, -0.25) is 9.78 Å². The van der Waals surface area contributed by atoms with Crippen molar-refractivity contribution in [2.24, 2.45) is 0 Å². The minimum Gasteiger partial charge on any atom is -0.349 e. The molecule has 1 aliphatic rings. The molecule has 0 bridgehead atoms. The van der Waals surface area contributed by atoms with E-state index in [1.54, 1.807) is 12.4 Å². The van der Waals surface area contributed by atoms with E-state index >= 15 is 0 Å². The molecule has 0 saturated heterocycles. The van der Waals surface area contributed by atoms with Crippen LogP contribution in [0.15, 0.2) is 48.8 Å². The quantitative estimate of drug-likeness (QED) is 0.929. The van der Waals surface area contributed by atoms with Crippen molar-refractivity contribution in [2.45, 2.75) is 38.1 Å². The van der Waals surface area contributed by atoms with Gasteiger partial charge < -0.3 is 5.32 Å². The Morgan fingerprint density at radius 3 is 2.57 bits per heavy atom. The van der Waals surface area contributed by atoms with Crippen molar-refractivity contribution >= 4 is 5.91 Å². The SMILES string of the molecule is O=C(NC1CCCCC1)c1cnccc1-c1ccccc1. The average molecular weight is 280 g/mol. The van der Waals surface area contributed by atoms with Gasteiger partial charge in [-0.25, -0.2) is 0 Å². The fourth-order valence-electron chi connectivity index (χ4n) is 2.95. The van der Waals surface area contributed by atoms with Gasteiger partial charge in [-0.05, 0) is 30.0 Å². The van der Waals surface area contributed by atoms with Crippen LogP contribution in [-0.2, 0) is 0 Å². The first-order valence-electron chi connectivity index (χ1n) is 7.65. The zero-order valence-electron chi connectivity index (χ0n) is 12.1. The summed E-state index contributed by atoms with van der Waals surface area (Å²) in [5.74, 6) is -0.00569. The van der Waals surface area contributed by atoms with E-state index < -0.39 is 0 Å². The molecule has 1 N–H and O–H groups in total. The van der Waals surface area contributed by atoms with Gasteiger partial charge in [-0.15, -0.1) is 0 Å². The van der Waals surface area contributed by atoms with E-state index in [-0.39, 0.29) is 5.91 Å². The highest BCUT2D eigenvalue weighted by molar-refractivity contribution is 6.00. The molecule has 1 amide bonds. The van der Waals surface area contributed by atoms with Crippen molar-refractivity contribution in [3.63, 3.8) is 0 Å². The van der Waals surface area contributed by atoms with Gasteiger partial charge in [0.2, 0.25) is 0 Å². The van der Waals surface area contributed by atoms with Crippen LogP contribution in [0.25, 0.3) is 11.1 Å². The first-order valence-corrected chi connectivity index (χ1v) is 7.65. The van der Waals surface area contributed by atoms with Gasteiger partial charge in [0.05, 0.1) is 5.56 Å². The number of rotatable bonds is 3. The highest BCUT2D eigenvalue weighted by Crippen LogP contribution is 2.23. The first-order chi connectivity index (χ1) is 10.3. The minimum atomic E-state index is -0.00569. The van der Waals surface area contributed by atoms with Crippen LogP contribution in [0.4, 0.5) is 0 Å². The summed E-state index contributed by atoms with van der Waals surface area (Å²) in [7, 11) is 0. The zero-order valence-corrected chi connectivity index (χ0v) is 12.1. The van der Waals surface area contributed by atoms with Crippen LogP contribution in [0.5, 0.6) is 0 Å². The summed E-state index contributed by atoms with van der Waals surface area (Å²) in [6.45, 7) is 0. The molecular formula is C18H20N2O. The lowest BCUT2D eigenvalue weighted by atomic mass is 9.95. The number of amides is 1. The summed E-state index contributed by atoms with van der Waals surface area (Å²) in [6.07, 6.45) is 9.29. The van der Waals surface area contributed by atoms with Crippen molar-refractivity contribution in [3.8, 4) is 11.1 Å². The molecule has 0 atom stereocenters. The predicted molar refractivity (Wildman–Crippen MR) is 84.0 cm³/mol. The second-order valence-electron chi connectivity index (χ2n) is 5.60. The molecule has 1 aliphatic carbocycles. The van der Waals surface area contributed by atoms with E-state index in [0.29, 0.717) is 11.6 Å². The topological polar surface area (TPSA) is 42.0 Å². The van der Waals surface area contributed by atoms with E-state index in [4.69, 9.17) is 0 Å². The van der Waals surface area contributed by atoms with Crippen molar-refractivity contribution in [1.82, 2.24) is 10.3 Å². The Morgan fingerprint density at radius 1 is 1.05 bits per heavy atom. The van der Waals surface area contributed by atoms with Crippen LogP contribution in [0.1, 0.15) is 42.5 Å². The monoisotopic (exact) mass is 280 g/mol. The van der Waals surface area contributed by atoms with Gasteiger partial charge in [0.25, 0.3) is 5.91 Å². The third kappa shape index (κ3) is 3.30. The molecule has 1 fully saturated rings. The Bertz CT molecular complexity index is 604. The molecule has 1 heterocycles. The largest absolute Gasteiger partial charge is 0.349 e. The molecule has 2 aromatic rings. The lowest BCUT2D eigenvalue weighted by Crippen LogP contribution is -2.36. The molecule has 0 radical (unpaired) electrons. The molecule has 21 heavy (non-hydrogen) atoms. The number of carbonyl (C=O) groups excluding carboxylic acids is 1. The molecule has 1 aromatic heterocycles. The molecule has 3 heteroatoms. The fourth-order valence-corrected chi connectivity index (χ4v) is 2.95. The molecule has 0 spiro atoms. The van der Waals surface area contributed by atoms with Crippen LogP contribution < -0.4 is 5.32 Å². The maximum atomic E-state index is 12.6. The summed E-state index contributed by atoms with van der Waals surface area (Å²) in [5.41, 5.74) is 2.65. The number of carbonyl (C=O) groups is 1. The highest BCUT2D eigenvalue weighted by Gasteiger charge is 2.19. The molecule has 1 aromatic carbocycles. The van der Waals surface area contributed by atoms with Crippen LogP contribution in [-0.4, -0.2) is 16.9 Å². The van der Waals surface area contributed by atoms with Gasteiger partial charge in [0, 0.05) is 18.4 Å². The lowest BCUT2D eigenvalue weighted by Gasteiger charge is -2.23. The van der Waals surface area contributed by atoms with Gasteiger partial charge >= 0.3 is 0 Å². The van der Waals surface area contributed by atoms with E-state index in [2.05, 4.69) is 10.3 Å². The average Bonchev–Trinajstić information content (AvgIpc) is 2.56. The number of nitrogens with zero attached hydrogens (tertiary/aromatic N) is 1. The third-order valence-corrected chi connectivity index (χ3v) is 4.09. The Balaban J connectivity index is 1.83. The molecule has 0 aliphatic heterocycles. The number of hydrogen-bond donors (Lipinski definition) is 1. The summed E-state index contributed by atoms with van der Waals surface area (Å²) < 4.78 is 0. The van der Waals surface area contributed by atoms with Crippen LogP contribution >= 0.6 is 0 Å². The number of benzene rings is 1. The second kappa shape index (κ2) is 6.53. The standard InChI is InChI=1S/C18H20N2O/c21-18(20-15-9-5-2-6-10-15)17-13-19-12-11-16(17)14-7-3-1-4-8-14/h1,3-4,7-8,11-13,15H,2,5-6,9-10H2,(H,20,21). The molecular weight excluding hydrogens is 260 g/mol. The maximum Gasteiger partial charge on any atom is 0.253 e. The zero-order chi connectivity index (χ0) is 14.5. The molecule has 0 unspecified atom stereocenters. The number of hydrogen-bond acceptors (Lipinski definition) is 2. The van der Waals surface area contributed by atoms with Crippen molar-refractivity contribution in [1.29, 1.82) is 0 Å². The van der Waals surface area contributed by atoms with Crippen LogP contribution in [0.2, 0.25) is 0 Å². The minimum absolute atomic E-state index is 0.00569. The van der Waals surface area contributed by atoms with E-state index in [1.165, 1.54) is 19.3 Å². The lowest BCUT2D eigenvalue weighted by molar-refractivity contribution is 0.0928. The van der Waals surface area contributed by atoms with Crippen molar-refractivity contribution in [3.05, 3.63) is 54.4 Å². The fraction of sp³-hybridized carbons (Fsp3) is 0.333. The van der Waals surface area contributed by atoms with Gasteiger partial charge in [-0.2, -0.15) is 0 Å². The Labute approximate surface area is 125 Å². The summed E-state index contributed by atoms with van der Waals surface area (Å²) in [4.78, 5) is 16.7. The molecule has 3 rings (SSSR count). The molecule has 1 saturated carbocycles. The maximum absolute atomic E-state index is 12.6. The summed E-state index contributed by atoms with van der Waals surface area (Å²) in [6, 6.07) is 12.2. The van der Waals surface area contributed by atoms with Gasteiger partial charge in [-0.1, -0.05) is 49.6 Å². The first kappa shape index (κ1) is 13.8. The Kier molecular flexibility index (Phi) is 4.29. The van der Waals surface area contributed by atoms with Gasteiger partial charge in [0.15, 0.2) is 0 Å². The van der Waals surface area contributed by atoms with Crippen LogP contribution in [0.3, 0.4) is 0 Å². The molecule has 108 valence electrons. The molecule has 3 nitrogen and oxygen atoms in total. The van der Waals surface area contributed by atoms with Crippen molar-refractivity contribution in [2.75, 3.05) is 0 Å². The number of aromatic nitrogens is 1. The third-order valence-electron chi connectivity index (χ3n) is 4.09. The van der Waals surface area contributed by atoms with Gasteiger partial charge in [0.1, 0.15) is 0 Å². The smallest absolute Gasteiger partial charge is 0.253 e. The van der Waals surface area contributed by atoms with E-state index in [0.717, 1.165) is 24.0 Å². The summed E-state index contributed by atoms with van der Waals surface area (Å²) in [5, 5.41) is 3.17. The summed E-state index contributed by atoms with van der Waals surface area (Å²) >= 11 is 0. The number of nitrogens with one attached hydrogen (secondary N) is 1. The predicted octanol–water partition coefficient (Wildman–Crippen LogP) is 3.81. The Hall–Kier alpha value is -2.16. The highest BCUT2D eigenvalue weighted by atomic mass is 16.1. The second-order valence-corrected chi connectivity index (χ2v) is 5.60. The normalized spacial score (nSPS) is 15.6. The van der Waals surface area contributed by atoms with E-state index in [9.17, 15) is 4.79 Å². The van der Waals surface area contributed by atoms with Crippen LogP contribution in [0, 0.1) is 0 Å². The Morgan fingerprint density at radius 2 is 1.81 bits per heavy atom. The van der Waals surface area contributed by atoms with Crippen molar-refractivity contribution < 1.29 is 4.79 Å². The number of pyridine rings is 1.